The van der Waals surface area contributed by atoms with Crippen LogP contribution in [0.5, 0.6) is 5.75 Å². The fourth-order valence-corrected chi connectivity index (χ4v) is 6.89. The number of cyclic esters (lactones) is 1. The van der Waals surface area contributed by atoms with Crippen LogP contribution in [0.2, 0.25) is 0 Å². The molecule has 0 radical (unpaired) electrons. The van der Waals surface area contributed by atoms with Crippen LogP contribution in [0.15, 0.2) is 59.3 Å². The van der Waals surface area contributed by atoms with Crippen LogP contribution in [0, 0.1) is 23.7 Å². The third-order valence-electron chi connectivity index (χ3n) is 9.95. The second-order valence-corrected chi connectivity index (χ2v) is 14.2. The topological polar surface area (TPSA) is 177 Å². The van der Waals surface area contributed by atoms with E-state index in [1.807, 2.05) is 69.3 Å². The summed E-state index contributed by atoms with van der Waals surface area (Å²) in [7, 11) is 3.47. The summed E-state index contributed by atoms with van der Waals surface area (Å²) in [6.45, 7) is 9.24. The quantitative estimate of drug-likeness (QED) is 0.107. The molecule has 0 bridgehead atoms. The summed E-state index contributed by atoms with van der Waals surface area (Å²) in [6, 6.07) is 8.64. The highest BCUT2D eigenvalue weighted by molar-refractivity contribution is 5.96. The molecule has 1 fully saturated rings. The van der Waals surface area contributed by atoms with E-state index in [-0.39, 0.29) is 38.6 Å². The van der Waals surface area contributed by atoms with Crippen molar-refractivity contribution in [1.29, 1.82) is 0 Å². The maximum atomic E-state index is 13.2. The summed E-state index contributed by atoms with van der Waals surface area (Å²) in [5.41, 5.74) is 1.36. The molecule has 13 heteroatoms. The lowest BCUT2D eigenvalue weighted by Crippen LogP contribution is -2.63. The molecule has 0 amide bonds. The number of aldehydes is 1. The molecule has 0 spiro atoms. The largest absolute Gasteiger partial charge is 0.490 e. The molecule has 2 aliphatic heterocycles. The standard InChI is InChI=1S/C39H60N2O11/c1-8-33-29(23-43)20-24(2)14-15-31(40-49-19-18-48-30-12-10-9-11-13-30)25(3)21-28(16-17-42)38(26(4)32(44)22-34(45)51-33)52-39-37(47)35(41(6)7)36(46)27(5)50-39/h9-15,17,20,25-29,32-33,35-39,43-44,46-47H,8,16,18-19,21-23H2,1-7H3/b15-14+,24-20+,40-31+/t25-,26?,27+,28+,29?,32-,33-,35-,36+,37+,38-,39-/m1/s1. The highest BCUT2D eigenvalue weighted by atomic mass is 16.7. The summed E-state index contributed by atoms with van der Waals surface area (Å²) in [6.07, 6.45) is -0.253. The van der Waals surface area contributed by atoms with Gasteiger partial charge in [0.15, 0.2) is 12.9 Å². The van der Waals surface area contributed by atoms with Crippen molar-refractivity contribution in [3.8, 4) is 5.75 Å². The van der Waals surface area contributed by atoms with Gasteiger partial charge in [-0.05, 0) is 64.9 Å². The first-order chi connectivity index (χ1) is 24.8. The first-order valence-electron chi connectivity index (χ1n) is 18.3. The molecule has 2 heterocycles. The first kappa shape index (κ1) is 43.2. The molecule has 0 aromatic heterocycles. The maximum Gasteiger partial charge on any atom is 0.308 e. The van der Waals surface area contributed by atoms with Crippen molar-refractivity contribution in [2.45, 2.75) is 109 Å². The smallest absolute Gasteiger partial charge is 0.308 e. The first-order valence-corrected chi connectivity index (χ1v) is 18.3. The van der Waals surface area contributed by atoms with Crippen molar-refractivity contribution in [3.05, 3.63) is 54.1 Å². The minimum absolute atomic E-state index is 0.0341. The molecule has 52 heavy (non-hydrogen) atoms. The summed E-state index contributed by atoms with van der Waals surface area (Å²) in [4.78, 5) is 32.8. The molecule has 2 aliphatic rings. The number of allylic oxidation sites excluding steroid dienone is 3. The van der Waals surface area contributed by atoms with E-state index in [0.29, 0.717) is 24.3 Å². The zero-order chi connectivity index (χ0) is 38.4. The van der Waals surface area contributed by atoms with Crippen molar-refractivity contribution < 1.29 is 53.8 Å². The Balaban J connectivity index is 2.02. The van der Waals surface area contributed by atoms with Crippen LogP contribution in [-0.2, 0) is 28.6 Å². The predicted molar refractivity (Wildman–Crippen MR) is 195 cm³/mol. The zero-order valence-corrected chi connectivity index (χ0v) is 31.6. The number of hydrogen-bond acceptors (Lipinski definition) is 13. The van der Waals surface area contributed by atoms with E-state index >= 15 is 0 Å². The summed E-state index contributed by atoms with van der Waals surface area (Å²) < 4.78 is 24.0. The van der Waals surface area contributed by atoms with Crippen molar-refractivity contribution in [2.75, 3.05) is 33.9 Å². The number of para-hydroxylation sites is 1. The molecule has 4 N–H and O–H groups in total. The Morgan fingerprint density at radius 3 is 2.38 bits per heavy atom. The van der Waals surface area contributed by atoms with E-state index in [1.54, 1.807) is 32.8 Å². The van der Waals surface area contributed by atoms with Crippen molar-refractivity contribution in [3.63, 3.8) is 0 Å². The number of rotatable bonds is 12. The second-order valence-electron chi connectivity index (χ2n) is 14.2. The lowest BCUT2D eigenvalue weighted by molar-refractivity contribution is -0.304. The molecular weight excluding hydrogens is 672 g/mol. The van der Waals surface area contributed by atoms with E-state index in [1.165, 1.54) is 0 Å². The van der Waals surface area contributed by atoms with Gasteiger partial charge in [-0.2, -0.15) is 0 Å². The summed E-state index contributed by atoms with van der Waals surface area (Å²) >= 11 is 0. The second kappa shape index (κ2) is 21.5. The number of esters is 1. The van der Waals surface area contributed by atoms with Crippen molar-refractivity contribution in [2.24, 2.45) is 28.8 Å². The SMILES string of the molecule is CC[C@H]1OC(=O)C[C@@H](O)C(C)[C@@H](O[C@H]2O[C@@H](C)[C@H](O)[C@@H](N(C)C)[C@@H]2O)[C@@H](CC=O)C[C@@H](C)C(=N/OCCOc2ccccc2)/C=C/C(C)=C/C1CO. The van der Waals surface area contributed by atoms with Gasteiger partial charge in [0.2, 0.25) is 0 Å². The normalized spacial score (nSPS) is 36.4. The Kier molecular flexibility index (Phi) is 17.9. The molecule has 292 valence electrons. The minimum Gasteiger partial charge on any atom is -0.490 e. The Hall–Kier alpha value is -3.17. The summed E-state index contributed by atoms with van der Waals surface area (Å²) in [5.74, 6) is -2.01. The number of nitrogens with zero attached hydrogens (tertiary/aromatic N) is 2. The molecule has 1 aromatic carbocycles. The Morgan fingerprint density at radius 1 is 1.04 bits per heavy atom. The fourth-order valence-electron chi connectivity index (χ4n) is 6.89. The number of carbonyl (C=O) groups excluding carboxylic acids is 2. The van der Waals surface area contributed by atoms with E-state index in [0.717, 1.165) is 11.9 Å². The number of aliphatic hydroxyl groups excluding tert-OH is 4. The Labute approximate surface area is 308 Å². The van der Waals surface area contributed by atoms with Crippen LogP contribution in [0.3, 0.4) is 0 Å². The molecule has 2 unspecified atom stereocenters. The van der Waals surface area contributed by atoms with Gasteiger partial charge in [-0.25, -0.2) is 0 Å². The van der Waals surface area contributed by atoms with Crippen molar-refractivity contribution in [1.82, 2.24) is 4.90 Å². The highest BCUT2D eigenvalue weighted by Crippen LogP contribution is 2.34. The molecule has 1 aromatic rings. The van der Waals surface area contributed by atoms with Gasteiger partial charge in [0, 0.05) is 24.2 Å². The monoisotopic (exact) mass is 732 g/mol. The Bertz CT molecular complexity index is 1320. The van der Waals surface area contributed by atoms with Crippen LogP contribution < -0.4 is 4.74 Å². The minimum atomic E-state index is -1.27. The number of hydrogen-bond donors (Lipinski definition) is 4. The van der Waals surface area contributed by atoms with Crippen LogP contribution >= 0.6 is 0 Å². The predicted octanol–water partition coefficient (Wildman–Crippen LogP) is 3.28. The van der Waals surface area contributed by atoms with Crippen LogP contribution in [0.25, 0.3) is 0 Å². The van der Waals surface area contributed by atoms with Gasteiger partial charge in [-0.1, -0.05) is 61.9 Å². The number of ether oxygens (including phenoxy) is 4. The molecule has 3 rings (SSSR count). The molecule has 0 aliphatic carbocycles. The van der Waals surface area contributed by atoms with Gasteiger partial charge in [0.1, 0.15) is 30.9 Å². The fraction of sp³-hybridized carbons (Fsp3) is 0.667. The van der Waals surface area contributed by atoms with Crippen LogP contribution in [0.4, 0.5) is 0 Å². The molecule has 12 atom stereocenters. The third-order valence-corrected chi connectivity index (χ3v) is 9.95. The van der Waals surface area contributed by atoms with Crippen LogP contribution in [-0.4, -0.2) is 126 Å². The number of benzene rings is 1. The zero-order valence-electron chi connectivity index (χ0n) is 31.6. The number of oxime groups is 1. The van der Waals surface area contributed by atoms with Gasteiger partial charge < -0.3 is 53.9 Å². The van der Waals surface area contributed by atoms with E-state index < -0.39 is 72.7 Å². The van der Waals surface area contributed by atoms with Gasteiger partial charge in [0.05, 0.1) is 49.2 Å². The molecular formula is C39H60N2O11. The maximum absolute atomic E-state index is 13.2. The average Bonchev–Trinajstić information content (AvgIpc) is 3.11. The average molecular weight is 733 g/mol. The van der Waals surface area contributed by atoms with Crippen molar-refractivity contribution >= 4 is 18.0 Å². The lowest BCUT2D eigenvalue weighted by Gasteiger charge is -2.46. The molecule has 1 saturated heterocycles. The van der Waals surface area contributed by atoms with E-state index in [2.05, 4.69) is 5.16 Å². The summed E-state index contributed by atoms with van der Waals surface area (Å²) in [5, 5.41) is 48.4. The number of carbonyl (C=O) groups is 2. The highest BCUT2D eigenvalue weighted by Gasteiger charge is 2.47. The van der Waals surface area contributed by atoms with Crippen LogP contribution in [0.1, 0.15) is 60.3 Å². The molecule has 13 nitrogen and oxygen atoms in total. The third kappa shape index (κ3) is 12.5. The number of likely N-dealkylation sites (N-methyl/N-ethyl adjacent to an activating group) is 1. The van der Waals surface area contributed by atoms with Gasteiger partial charge in [-0.15, -0.1) is 0 Å². The lowest BCUT2D eigenvalue weighted by atomic mass is 9.79. The van der Waals surface area contributed by atoms with E-state index in [4.69, 9.17) is 23.8 Å². The van der Waals surface area contributed by atoms with Gasteiger partial charge in [-0.3, -0.25) is 4.79 Å². The van der Waals surface area contributed by atoms with E-state index in [9.17, 15) is 30.0 Å². The molecule has 0 saturated carbocycles. The number of aliphatic hydroxyl groups is 4. The van der Waals surface area contributed by atoms with Gasteiger partial charge >= 0.3 is 5.97 Å². The van der Waals surface area contributed by atoms with Gasteiger partial charge in [0.25, 0.3) is 0 Å². The Morgan fingerprint density at radius 2 is 1.75 bits per heavy atom.